The molecule has 0 aromatic carbocycles. The van der Waals surface area contributed by atoms with Crippen LogP contribution in [0.4, 0.5) is 0 Å². The molecule has 0 saturated heterocycles. The molecular formula is C75H146O17P2. The van der Waals surface area contributed by atoms with Gasteiger partial charge in [-0.1, -0.05) is 325 Å². The normalized spacial score (nSPS) is 14.4. The van der Waals surface area contributed by atoms with Gasteiger partial charge in [0.1, 0.15) is 19.3 Å². The summed E-state index contributed by atoms with van der Waals surface area (Å²) in [5.74, 6) is 0.925. The van der Waals surface area contributed by atoms with Crippen molar-refractivity contribution in [2.45, 2.75) is 395 Å². The minimum absolute atomic E-state index is 0.105. The second kappa shape index (κ2) is 64.4. The van der Waals surface area contributed by atoms with Crippen LogP contribution >= 0.6 is 15.6 Å². The first-order valence-corrected chi connectivity index (χ1v) is 41.7. The largest absolute Gasteiger partial charge is 0.472 e. The van der Waals surface area contributed by atoms with E-state index in [1.165, 1.54) is 173 Å². The molecule has 94 heavy (non-hydrogen) atoms. The molecule has 6 atom stereocenters. The number of phosphoric ester groups is 2. The number of ether oxygens (including phenoxy) is 4. The topological polar surface area (TPSA) is 237 Å². The van der Waals surface area contributed by atoms with E-state index in [2.05, 4.69) is 55.4 Å². The standard InChI is InChI=1S/C75H146O17P2/c1-9-68(8)54-46-38-29-23-19-20-26-32-42-50-58-75(80)92-71(62-86-73(78)56-48-40-34-33-37-45-53-67(6)7)64-90-94(83,84)88-60-69(76)59-87-93(81,82)89-63-70(61-85-72(77)55-47-39-30-24-18-14-16-22-28-36-44-52-66(4)5)91-74(79)57-49-41-31-25-17-13-11-10-12-15-21-27-35-43-51-65(2)3/h65-71,76H,9-64H2,1-8H3,(H,81,82)(H,83,84)/t68?,69-,70-,71-/m1/s1. The Labute approximate surface area is 575 Å². The molecule has 0 amide bonds. The Balaban J connectivity index is 5.25. The van der Waals surface area contributed by atoms with Crippen LogP contribution in [0.15, 0.2) is 0 Å². The van der Waals surface area contributed by atoms with E-state index < -0.39 is 97.5 Å². The number of carbonyl (C=O) groups is 4. The van der Waals surface area contributed by atoms with E-state index in [-0.39, 0.29) is 25.7 Å². The summed E-state index contributed by atoms with van der Waals surface area (Å²) in [5.41, 5.74) is 0. The Morgan fingerprint density at radius 2 is 0.511 bits per heavy atom. The van der Waals surface area contributed by atoms with Crippen molar-refractivity contribution < 1.29 is 80.2 Å². The van der Waals surface area contributed by atoms with Crippen LogP contribution in [-0.4, -0.2) is 96.7 Å². The number of phosphoric acid groups is 2. The lowest BCUT2D eigenvalue weighted by atomic mass is 9.99. The van der Waals surface area contributed by atoms with Crippen LogP contribution < -0.4 is 0 Å². The van der Waals surface area contributed by atoms with Crippen molar-refractivity contribution in [1.29, 1.82) is 0 Å². The first-order valence-electron chi connectivity index (χ1n) is 38.7. The Kier molecular flexibility index (Phi) is 63.1. The van der Waals surface area contributed by atoms with Crippen molar-refractivity contribution in [3.63, 3.8) is 0 Å². The number of carbonyl (C=O) groups excluding carboxylic acids is 4. The molecule has 0 radical (unpaired) electrons. The maximum atomic E-state index is 13.1. The van der Waals surface area contributed by atoms with E-state index in [4.69, 9.17) is 37.0 Å². The van der Waals surface area contributed by atoms with E-state index in [0.717, 1.165) is 114 Å². The van der Waals surface area contributed by atoms with Crippen LogP contribution in [0.3, 0.4) is 0 Å². The van der Waals surface area contributed by atoms with Gasteiger partial charge in [-0.15, -0.1) is 0 Å². The Hall–Kier alpha value is -1.94. The molecule has 0 saturated carbocycles. The van der Waals surface area contributed by atoms with Gasteiger partial charge in [0, 0.05) is 25.7 Å². The zero-order valence-corrected chi connectivity index (χ0v) is 63.4. The van der Waals surface area contributed by atoms with E-state index in [0.29, 0.717) is 31.6 Å². The molecule has 0 bridgehead atoms. The fourth-order valence-corrected chi connectivity index (χ4v) is 12.9. The molecule has 0 spiro atoms. The number of aliphatic hydroxyl groups is 1. The Morgan fingerprint density at radius 3 is 0.755 bits per heavy atom. The number of aliphatic hydroxyl groups excluding tert-OH is 1. The summed E-state index contributed by atoms with van der Waals surface area (Å²) < 4.78 is 68.5. The zero-order chi connectivity index (χ0) is 69.6. The first kappa shape index (κ1) is 92.1. The maximum absolute atomic E-state index is 13.1. The highest BCUT2D eigenvalue weighted by Crippen LogP contribution is 2.45. The van der Waals surface area contributed by atoms with Crippen LogP contribution in [-0.2, 0) is 65.4 Å². The van der Waals surface area contributed by atoms with Gasteiger partial charge in [0.25, 0.3) is 0 Å². The number of hydrogen-bond acceptors (Lipinski definition) is 15. The summed E-state index contributed by atoms with van der Waals surface area (Å²) in [6.45, 7) is 14.2. The third kappa shape index (κ3) is 67.3. The molecule has 17 nitrogen and oxygen atoms in total. The van der Waals surface area contributed by atoms with Crippen molar-refractivity contribution >= 4 is 39.5 Å². The van der Waals surface area contributed by atoms with Crippen molar-refractivity contribution in [2.24, 2.45) is 23.7 Å². The lowest BCUT2D eigenvalue weighted by molar-refractivity contribution is -0.161. The van der Waals surface area contributed by atoms with Gasteiger partial charge in [-0.2, -0.15) is 0 Å². The van der Waals surface area contributed by atoms with Gasteiger partial charge in [-0.3, -0.25) is 37.3 Å². The maximum Gasteiger partial charge on any atom is 0.472 e. The zero-order valence-electron chi connectivity index (χ0n) is 61.6. The van der Waals surface area contributed by atoms with Crippen molar-refractivity contribution in [3.05, 3.63) is 0 Å². The van der Waals surface area contributed by atoms with Gasteiger partial charge >= 0.3 is 39.5 Å². The second-order valence-corrected chi connectivity index (χ2v) is 31.6. The highest BCUT2D eigenvalue weighted by molar-refractivity contribution is 7.47. The van der Waals surface area contributed by atoms with Crippen LogP contribution in [0, 0.1) is 23.7 Å². The average molecular weight is 1380 g/mol. The highest BCUT2D eigenvalue weighted by atomic mass is 31.2. The molecule has 0 aromatic heterocycles. The predicted octanol–water partition coefficient (Wildman–Crippen LogP) is 21.7. The van der Waals surface area contributed by atoms with Crippen LogP contribution in [0.2, 0.25) is 0 Å². The third-order valence-corrected chi connectivity index (χ3v) is 19.6. The molecule has 0 aromatic rings. The fraction of sp³-hybridized carbons (Fsp3) is 0.947. The molecule has 0 fully saturated rings. The molecule has 558 valence electrons. The molecule has 3 unspecified atom stereocenters. The smallest absolute Gasteiger partial charge is 0.462 e. The molecule has 19 heteroatoms. The van der Waals surface area contributed by atoms with Gasteiger partial charge in [0.15, 0.2) is 12.2 Å². The Morgan fingerprint density at radius 1 is 0.298 bits per heavy atom. The van der Waals surface area contributed by atoms with E-state index in [1.807, 2.05) is 0 Å². The van der Waals surface area contributed by atoms with Crippen LogP contribution in [0.1, 0.15) is 376 Å². The molecule has 0 rings (SSSR count). The Bertz CT molecular complexity index is 1850. The van der Waals surface area contributed by atoms with Crippen molar-refractivity contribution in [3.8, 4) is 0 Å². The van der Waals surface area contributed by atoms with Crippen molar-refractivity contribution in [2.75, 3.05) is 39.6 Å². The van der Waals surface area contributed by atoms with E-state index >= 15 is 0 Å². The summed E-state index contributed by atoms with van der Waals surface area (Å²) >= 11 is 0. The molecular weight excluding hydrogens is 1230 g/mol. The summed E-state index contributed by atoms with van der Waals surface area (Å²) in [6, 6.07) is 0. The van der Waals surface area contributed by atoms with Crippen molar-refractivity contribution in [1.82, 2.24) is 0 Å². The third-order valence-electron chi connectivity index (χ3n) is 17.7. The van der Waals surface area contributed by atoms with Gasteiger partial charge < -0.3 is 33.8 Å². The minimum Gasteiger partial charge on any atom is -0.462 e. The number of rotatable bonds is 72. The number of unbranched alkanes of at least 4 members (excludes halogenated alkanes) is 37. The van der Waals surface area contributed by atoms with Gasteiger partial charge in [0.05, 0.1) is 26.4 Å². The lowest BCUT2D eigenvalue weighted by Gasteiger charge is -2.21. The minimum atomic E-state index is -4.96. The molecule has 0 heterocycles. The van der Waals surface area contributed by atoms with E-state index in [9.17, 15) is 43.2 Å². The monoisotopic (exact) mass is 1380 g/mol. The first-order chi connectivity index (χ1) is 45.1. The van der Waals surface area contributed by atoms with E-state index in [1.54, 1.807) is 0 Å². The van der Waals surface area contributed by atoms with Crippen LogP contribution in [0.25, 0.3) is 0 Å². The molecule has 0 aliphatic heterocycles. The summed E-state index contributed by atoms with van der Waals surface area (Å²) in [4.78, 5) is 72.8. The SMILES string of the molecule is CCC(C)CCCCCCCCCCCCC(=O)O[C@H](COC(=O)CCCCCCCCC(C)C)COP(=O)(O)OC[C@H](O)COP(=O)(O)OC[C@@H](COC(=O)CCCCCCCCCCCCCC(C)C)OC(=O)CCCCCCCCCCCCCCCCC(C)C. The number of esters is 4. The van der Waals surface area contributed by atoms with Gasteiger partial charge in [0.2, 0.25) is 0 Å². The fourth-order valence-electron chi connectivity index (χ4n) is 11.3. The molecule has 0 aliphatic carbocycles. The summed E-state index contributed by atoms with van der Waals surface area (Å²) in [7, 11) is -9.91. The van der Waals surface area contributed by atoms with Crippen LogP contribution in [0.5, 0.6) is 0 Å². The summed E-state index contributed by atoms with van der Waals surface area (Å²) in [5, 5.41) is 10.6. The average Bonchev–Trinajstić information content (AvgIpc) is 1.36. The van der Waals surface area contributed by atoms with Gasteiger partial charge in [-0.25, -0.2) is 9.13 Å². The quantitative estimate of drug-likeness (QED) is 0.0222. The predicted molar refractivity (Wildman–Crippen MR) is 381 cm³/mol. The van der Waals surface area contributed by atoms with Gasteiger partial charge in [-0.05, 0) is 49.4 Å². The second-order valence-electron chi connectivity index (χ2n) is 28.7. The highest BCUT2D eigenvalue weighted by Gasteiger charge is 2.30. The molecule has 0 aliphatic rings. The molecule has 3 N–H and O–H groups in total. The lowest BCUT2D eigenvalue weighted by Crippen LogP contribution is -2.30. The number of hydrogen-bond donors (Lipinski definition) is 3. The summed E-state index contributed by atoms with van der Waals surface area (Å²) in [6.07, 6.45) is 48.6.